The number of benzene rings is 2. The van der Waals surface area contributed by atoms with Gasteiger partial charge in [0.05, 0.1) is 5.69 Å². The molecule has 1 fully saturated rings. The summed E-state index contributed by atoms with van der Waals surface area (Å²) in [6.45, 7) is 2.65. The quantitative estimate of drug-likeness (QED) is 0.823. The fourth-order valence-electron chi connectivity index (χ4n) is 3.34. The highest BCUT2D eigenvalue weighted by molar-refractivity contribution is 5.94. The number of piperidine rings is 1. The average molecular weight is 337 g/mol. The van der Waals surface area contributed by atoms with E-state index in [1.165, 1.54) is 5.56 Å². The first-order chi connectivity index (χ1) is 12.3. The number of nitrogens with one attached hydrogen (secondary N) is 1. The second-order valence-electron chi connectivity index (χ2n) is 6.63. The summed E-state index contributed by atoms with van der Waals surface area (Å²) in [5.41, 5.74) is 2.23. The number of carbonyl (C=O) groups is 1. The van der Waals surface area contributed by atoms with E-state index < -0.39 is 0 Å². The highest BCUT2D eigenvalue weighted by Gasteiger charge is 2.29. The Morgan fingerprint density at radius 3 is 2.24 bits per heavy atom. The van der Waals surface area contributed by atoms with Crippen LogP contribution in [0.25, 0.3) is 0 Å². The van der Waals surface area contributed by atoms with Gasteiger partial charge in [0.15, 0.2) is 0 Å². The number of hydrogen-bond donors (Lipinski definition) is 1. The Morgan fingerprint density at radius 1 is 1.00 bits per heavy atom. The minimum absolute atomic E-state index is 0.0978. The van der Waals surface area contributed by atoms with Gasteiger partial charge in [-0.25, -0.2) is 10.0 Å². The Bertz CT molecular complexity index is 653. The summed E-state index contributed by atoms with van der Waals surface area (Å²) in [7, 11) is 2.01. The minimum atomic E-state index is 0.0978. The van der Waals surface area contributed by atoms with Gasteiger partial charge in [0.2, 0.25) is 5.91 Å². The molecule has 1 N–H and O–H groups in total. The van der Waals surface area contributed by atoms with Crippen LogP contribution in [0.2, 0.25) is 0 Å². The summed E-state index contributed by atoms with van der Waals surface area (Å²) in [5, 5.41) is 7.28. The standard InChI is InChI=1S/C21H27N3O/c1-23(17-14-18-8-4-2-5-9-18)24(20-10-6-3-7-11-20)21(25)19-12-15-22-16-13-19/h2-11,19,22H,12-17H2,1H3. The van der Waals surface area contributed by atoms with Gasteiger partial charge in [0.25, 0.3) is 0 Å². The highest BCUT2D eigenvalue weighted by atomic mass is 16.2. The van der Waals surface area contributed by atoms with Gasteiger partial charge < -0.3 is 5.32 Å². The van der Waals surface area contributed by atoms with Crippen molar-refractivity contribution in [2.24, 2.45) is 5.92 Å². The Hall–Kier alpha value is -2.17. The van der Waals surface area contributed by atoms with E-state index in [-0.39, 0.29) is 11.8 Å². The number of rotatable bonds is 6. The molecule has 25 heavy (non-hydrogen) atoms. The molecule has 0 unspecified atom stereocenters. The van der Waals surface area contributed by atoms with Crippen LogP contribution in [0.1, 0.15) is 18.4 Å². The van der Waals surface area contributed by atoms with Gasteiger partial charge in [-0.1, -0.05) is 48.5 Å². The van der Waals surface area contributed by atoms with Crippen molar-refractivity contribution in [3.05, 3.63) is 66.2 Å². The molecule has 3 rings (SSSR count). The highest BCUT2D eigenvalue weighted by Crippen LogP contribution is 2.22. The van der Waals surface area contributed by atoms with Gasteiger partial charge >= 0.3 is 0 Å². The van der Waals surface area contributed by atoms with Gasteiger partial charge in [-0.05, 0) is 50.0 Å². The van der Waals surface area contributed by atoms with Crippen molar-refractivity contribution >= 4 is 11.6 Å². The molecular formula is C21H27N3O. The molecule has 2 aromatic rings. The van der Waals surface area contributed by atoms with Crippen LogP contribution in [0.4, 0.5) is 5.69 Å². The van der Waals surface area contributed by atoms with Crippen molar-refractivity contribution in [1.82, 2.24) is 10.3 Å². The molecule has 1 saturated heterocycles. The predicted octanol–water partition coefficient (Wildman–Crippen LogP) is 3.11. The van der Waals surface area contributed by atoms with Crippen LogP contribution in [-0.2, 0) is 11.2 Å². The lowest BCUT2D eigenvalue weighted by molar-refractivity contribution is -0.126. The molecule has 0 aliphatic carbocycles. The summed E-state index contributed by atoms with van der Waals surface area (Å²) < 4.78 is 0. The van der Waals surface area contributed by atoms with Crippen LogP contribution in [0.5, 0.6) is 0 Å². The maximum Gasteiger partial charge on any atom is 0.244 e. The number of para-hydroxylation sites is 1. The molecular weight excluding hydrogens is 310 g/mol. The number of hydrogen-bond acceptors (Lipinski definition) is 3. The van der Waals surface area contributed by atoms with Gasteiger partial charge in [0, 0.05) is 19.5 Å². The third-order valence-electron chi connectivity index (χ3n) is 4.81. The third kappa shape index (κ3) is 4.68. The number of nitrogens with zero attached hydrogens (tertiary/aromatic N) is 2. The predicted molar refractivity (Wildman–Crippen MR) is 102 cm³/mol. The van der Waals surface area contributed by atoms with Crippen molar-refractivity contribution in [2.45, 2.75) is 19.3 Å². The fourth-order valence-corrected chi connectivity index (χ4v) is 3.34. The monoisotopic (exact) mass is 337 g/mol. The maximum atomic E-state index is 13.2. The Kier molecular flexibility index (Phi) is 6.20. The molecule has 132 valence electrons. The Balaban J connectivity index is 1.74. The van der Waals surface area contributed by atoms with E-state index in [1.807, 2.05) is 48.5 Å². The van der Waals surface area contributed by atoms with Crippen molar-refractivity contribution in [3.63, 3.8) is 0 Å². The molecule has 2 aromatic carbocycles. The lowest BCUT2D eigenvalue weighted by atomic mass is 9.97. The molecule has 1 heterocycles. The van der Waals surface area contributed by atoms with Crippen LogP contribution < -0.4 is 10.3 Å². The number of carbonyl (C=O) groups excluding carboxylic acids is 1. The van der Waals surface area contributed by atoms with E-state index >= 15 is 0 Å². The summed E-state index contributed by atoms with van der Waals surface area (Å²) in [4.78, 5) is 13.2. The van der Waals surface area contributed by atoms with Gasteiger partial charge in [-0.3, -0.25) is 4.79 Å². The molecule has 4 heteroatoms. The van der Waals surface area contributed by atoms with Gasteiger partial charge in [-0.15, -0.1) is 0 Å². The van der Waals surface area contributed by atoms with Crippen molar-refractivity contribution in [1.29, 1.82) is 0 Å². The normalized spacial score (nSPS) is 15.3. The van der Waals surface area contributed by atoms with Gasteiger partial charge in [-0.2, -0.15) is 0 Å². The average Bonchev–Trinajstić information content (AvgIpc) is 2.69. The molecule has 0 aromatic heterocycles. The lowest BCUT2D eigenvalue weighted by Gasteiger charge is -2.35. The summed E-state index contributed by atoms with van der Waals surface area (Å²) in [5.74, 6) is 0.309. The Morgan fingerprint density at radius 2 is 1.60 bits per heavy atom. The van der Waals surface area contributed by atoms with Crippen molar-refractivity contribution in [2.75, 3.05) is 31.7 Å². The van der Waals surface area contributed by atoms with E-state index in [9.17, 15) is 4.79 Å². The summed E-state index contributed by atoms with van der Waals surface area (Å²) >= 11 is 0. The Labute approximate surface area is 150 Å². The lowest BCUT2D eigenvalue weighted by Crippen LogP contribution is -2.49. The van der Waals surface area contributed by atoms with Crippen LogP contribution in [0.15, 0.2) is 60.7 Å². The molecule has 0 bridgehead atoms. The topological polar surface area (TPSA) is 35.6 Å². The maximum absolute atomic E-state index is 13.2. The van der Waals surface area contributed by atoms with E-state index in [0.717, 1.165) is 44.6 Å². The van der Waals surface area contributed by atoms with E-state index in [0.29, 0.717) is 0 Å². The number of amides is 1. The van der Waals surface area contributed by atoms with Crippen LogP contribution in [0, 0.1) is 5.92 Å². The van der Waals surface area contributed by atoms with Crippen LogP contribution in [0.3, 0.4) is 0 Å². The summed E-state index contributed by atoms with van der Waals surface area (Å²) in [6.07, 6.45) is 2.74. The second-order valence-corrected chi connectivity index (χ2v) is 6.63. The molecule has 1 aliphatic rings. The first-order valence-electron chi connectivity index (χ1n) is 9.10. The van der Waals surface area contributed by atoms with Crippen LogP contribution in [-0.4, -0.2) is 37.6 Å². The van der Waals surface area contributed by atoms with Gasteiger partial charge in [0.1, 0.15) is 0 Å². The molecule has 1 aliphatic heterocycles. The second kappa shape index (κ2) is 8.79. The SMILES string of the molecule is CN(CCc1ccccc1)N(C(=O)C1CCNCC1)c1ccccc1. The molecule has 0 saturated carbocycles. The van der Waals surface area contributed by atoms with Crippen molar-refractivity contribution < 1.29 is 4.79 Å². The smallest absolute Gasteiger partial charge is 0.244 e. The first kappa shape index (κ1) is 17.6. The van der Waals surface area contributed by atoms with E-state index in [2.05, 4.69) is 34.6 Å². The minimum Gasteiger partial charge on any atom is -0.317 e. The third-order valence-corrected chi connectivity index (χ3v) is 4.81. The zero-order valence-corrected chi connectivity index (χ0v) is 14.9. The molecule has 0 spiro atoms. The number of anilines is 1. The number of likely N-dealkylation sites (N-methyl/N-ethyl adjacent to an activating group) is 1. The first-order valence-corrected chi connectivity index (χ1v) is 9.10. The molecule has 0 atom stereocenters. The molecule has 1 amide bonds. The summed E-state index contributed by atoms with van der Waals surface area (Å²) in [6, 6.07) is 20.4. The number of hydrazine groups is 1. The van der Waals surface area contributed by atoms with E-state index in [4.69, 9.17) is 0 Å². The molecule has 4 nitrogen and oxygen atoms in total. The fraction of sp³-hybridized carbons (Fsp3) is 0.381. The molecule has 0 radical (unpaired) electrons. The van der Waals surface area contributed by atoms with Crippen LogP contribution >= 0.6 is 0 Å². The van der Waals surface area contributed by atoms with E-state index in [1.54, 1.807) is 0 Å². The zero-order chi connectivity index (χ0) is 17.5. The largest absolute Gasteiger partial charge is 0.317 e. The van der Waals surface area contributed by atoms with Crippen molar-refractivity contribution in [3.8, 4) is 0 Å². The zero-order valence-electron chi connectivity index (χ0n) is 14.9.